The summed E-state index contributed by atoms with van der Waals surface area (Å²) < 4.78 is 5.47. The Bertz CT molecular complexity index is 905. The van der Waals surface area contributed by atoms with E-state index in [0.29, 0.717) is 24.3 Å². The van der Waals surface area contributed by atoms with Crippen LogP contribution in [0.25, 0.3) is 0 Å². The Morgan fingerprint density at radius 1 is 1.06 bits per heavy atom. The van der Waals surface area contributed by atoms with Crippen LogP contribution in [0, 0.1) is 29.1 Å². The Morgan fingerprint density at radius 3 is 2.33 bits per heavy atom. The minimum Gasteiger partial charge on any atom is -0.454 e. The zero-order chi connectivity index (χ0) is 23.2. The monoisotopic (exact) mass is 452 g/mol. The van der Waals surface area contributed by atoms with Gasteiger partial charge in [-0.25, -0.2) is 4.79 Å². The average Bonchev–Trinajstić information content (AvgIpc) is 2.79. The molecule has 1 aromatic rings. The highest BCUT2D eigenvalue weighted by Gasteiger charge is 2.55. The van der Waals surface area contributed by atoms with Crippen LogP contribution in [0.2, 0.25) is 0 Å². The number of benzene rings is 1. The number of rotatable bonds is 6. The molecule has 1 aliphatic heterocycles. The first-order valence-corrected chi connectivity index (χ1v) is 12.7. The van der Waals surface area contributed by atoms with E-state index in [4.69, 9.17) is 4.74 Å². The molecular formula is C27H36N2O4. The van der Waals surface area contributed by atoms with Crippen molar-refractivity contribution in [1.82, 2.24) is 5.32 Å². The molecule has 178 valence electrons. The van der Waals surface area contributed by atoms with Gasteiger partial charge in [0.25, 0.3) is 5.91 Å². The maximum atomic E-state index is 13.4. The predicted molar refractivity (Wildman–Crippen MR) is 125 cm³/mol. The molecule has 2 amide bonds. The van der Waals surface area contributed by atoms with Crippen LogP contribution in [0.15, 0.2) is 24.3 Å². The number of nitrogens with one attached hydrogen (secondary N) is 1. The number of carbonyl (C=O) groups excluding carboxylic acids is 3. The van der Waals surface area contributed by atoms with Gasteiger partial charge in [-0.2, -0.15) is 0 Å². The fourth-order valence-corrected chi connectivity index (χ4v) is 7.27. The highest BCUT2D eigenvalue weighted by molar-refractivity contribution is 5.97. The molecule has 0 spiro atoms. The Balaban J connectivity index is 1.21. The molecule has 5 aliphatic rings. The third-order valence-corrected chi connectivity index (χ3v) is 8.48. The van der Waals surface area contributed by atoms with Crippen molar-refractivity contribution >= 4 is 23.5 Å². The summed E-state index contributed by atoms with van der Waals surface area (Å²) >= 11 is 0. The van der Waals surface area contributed by atoms with Gasteiger partial charge in [0.05, 0.1) is 0 Å². The Hall–Kier alpha value is -2.37. The molecule has 6 heteroatoms. The maximum Gasteiger partial charge on any atom is 0.329 e. The van der Waals surface area contributed by atoms with Crippen molar-refractivity contribution in [2.24, 2.45) is 29.1 Å². The molecule has 0 saturated heterocycles. The molecule has 4 fully saturated rings. The number of fused-ring (bicyclic) bond motifs is 1. The largest absolute Gasteiger partial charge is 0.454 e. The van der Waals surface area contributed by atoms with E-state index >= 15 is 0 Å². The van der Waals surface area contributed by atoms with Gasteiger partial charge < -0.3 is 15.0 Å². The van der Waals surface area contributed by atoms with Crippen LogP contribution < -0.4 is 10.2 Å². The predicted octanol–water partition coefficient (Wildman–Crippen LogP) is 3.87. The van der Waals surface area contributed by atoms with Crippen LogP contribution in [0.3, 0.4) is 0 Å². The number of aryl methyl sites for hydroxylation is 1. The first kappa shape index (κ1) is 22.4. The fourth-order valence-electron chi connectivity index (χ4n) is 7.27. The van der Waals surface area contributed by atoms with E-state index in [9.17, 15) is 14.4 Å². The second-order valence-corrected chi connectivity index (χ2v) is 11.3. The molecule has 6 nitrogen and oxygen atoms in total. The quantitative estimate of drug-likeness (QED) is 0.665. The molecule has 1 atom stereocenters. The highest BCUT2D eigenvalue weighted by Crippen LogP contribution is 2.60. The lowest BCUT2D eigenvalue weighted by atomic mass is 9.49. The number of amides is 2. The zero-order valence-electron chi connectivity index (χ0n) is 19.8. The minimum atomic E-state index is -0.730. The van der Waals surface area contributed by atoms with Gasteiger partial charge in [-0.1, -0.05) is 32.0 Å². The van der Waals surface area contributed by atoms with E-state index in [1.54, 1.807) is 4.90 Å². The lowest BCUT2D eigenvalue weighted by Crippen LogP contribution is -2.57. The number of hydrogen-bond donors (Lipinski definition) is 1. The average molecular weight is 453 g/mol. The number of nitrogens with zero attached hydrogens (tertiary/aromatic N) is 1. The van der Waals surface area contributed by atoms with Gasteiger partial charge in [0.2, 0.25) is 5.91 Å². The smallest absolute Gasteiger partial charge is 0.329 e. The van der Waals surface area contributed by atoms with Crippen molar-refractivity contribution in [3.63, 3.8) is 0 Å². The molecule has 1 heterocycles. The Morgan fingerprint density at radius 2 is 1.70 bits per heavy atom. The molecular weight excluding hydrogens is 416 g/mol. The second-order valence-electron chi connectivity index (χ2n) is 11.3. The SMILES string of the molecule is CC(C)C(NC(=O)C12CC3CC(CC(C3)C1)C2)C(=O)OCC(=O)N1CCCc2ccccc21. The summed E-state index contributed by atoms with van der Waals surface area (Å²) in [6.45, 7) is 4.15. The molecule has 1 N–H and O–H groups in total. The van der Waals surface area contributed by atoms with Gasteiger partial charge in [-0.15, -0.1) is 0 Å². The molecule has 1 unspecified atom stereocenters. The van der Waals surface area contributed by atoms with Crippen LogP contribution in [0.5, 0.6) is 0 Å². The van der Waals surface area contributed by atoms with Crippen molar-refractivity contribution < 1.29 is 19.1 Å². The summed E-state index contributed by atoms with van der Waals surface area (Å²) in [7, 11) is 0. The first-order chi connectivity index (χ1) is 15.8. The van der Waals surface area contributed by atoms with Crippen LogP contribution >= 0.6 is 0 Å². The van der Waals surface area contributed by atoms with Gasteiger partial charge in [-0.3, -0.25) is 9.59 Å². The molecule has 6 rings (SSSR count). The first-order valence-electron chi connectivity index (χ1n) is 12.7. The second kappa shape index (κ2) is 8.77. The summed E-state index contributed by atoms with van der Waals surface area (Å²) in [5.74, 6) is 1.17. The third kappa shape index (κ3) is 4.29. The number of ether oxygens (including phenoxy) is 1. The molecule has 4 bridgehead atoms. The van der Waals surface area contributed by atoms with Crippen molar-refractivity contribution in [1.29, 1.82) is 0 Å². The molecule has 0 aromatic heterocycles. The van der Waals surface area contributed by atoms with E-state index in [-0.39, 0.29) is 29.8 Å². The van der Waals surface area contributed by atoms with Crippen molar-refractivity contribution in [3.05, 3.63) is 29.8 Å². The molecule has 1 aromatic carbocycles. The molecule has 4 saturated carbocycles. The van der Waals surface area contributed by atoms with Gasteiger partial charge in [0, 0.05) is 17.6 Å². The Kier molecular flexibility index (Phi) is 5.96. The standard InChI is InChI=1S/C27H36N2O4/c1-17(2)24(28-26(32)27-13-18-10-19(14-27)12-20(11-18)15-27)25(31)33-16-23(30)29-9-5-7-21-6-3-4-8-22(21)29/h3-4,6,8,17-20,24H,5,7,9-16H2,1-2H3,(H,28,32). The van der Waals surface area contributed by atoms with E-state index in [2.05, 4.69) is 5.32 Å². The molecule has 33 heavy (non-hydrogen) atoms. The number of hydrogen-bond acceptors (Lipinski definition) is 4. The van der Waals surface area contributed by atoms with E-state index in [1.807, 2.05) is 38.1 Å². The van der Waals surface area contributed by atoms with Gasteiger partial charge >= 0.3 is 5.97 Å². The molecule has 4 aliphatic carbocycles. The van der Waals surface area contributed by atoms with Crippen molar-refractivity contribution in [2.45, 2.75) is 71.3 Å². The fraction of sp³-hybridized carbons (Fsp3) is 0.667. The number of carbonyl (C=O) groups is 3. The number of anilines is 1. The zero-order valence-corrected chi connectivity index (χ0v) is 19.8. The van der Waals surface area contributed by atoms with Crippen molar-refractivity contribution in [3.8, 4) is 0 Å². The molecule has 0 radical (unpaired) electrons. The number of esters is 1. The normalized spacial score (nSPS) is 30.6. The van der Waals surface area contributed by atoms with E-state index in [0.717, 1.165) is 43.4 Å². The summed E-state index contributed by atoms with van der Waals surface area (Å²) in [6.07, 6.45) is 8.52. The summed E-state index contributed by atoms with van der Waals surface area (Å²) in [6, 6.07) is 7.15. The van der Waals surface area contributed by atoms with Crippen LogP contribution in [-0.4, -0.2) is 37.0 Å². The van der Waals surface area contributed by atoms with Crippen molar-refractivity contribution in [2.75, 3.05) is 18.1 Å². The summed E-state index contributed by atoms with van der Waals surface area (Å²) in [5.41, 5.74) is 1.74. The summed E-state index contributed by atoms with van der Waals surface area (Å²) in [4.78, 5) is 41.0. The third-order valence-electron chi connectivity index (χ3n) is 8.48. The highest BCUT2D eigenvalue weighted by atomic mass is 16.5. The lowest BCUT2D eigenvalue weighted by molar-refractivity contribution is -0.156. The van der Waals surface area contributed by atoms with Gasteiger partial charge in [0.1, 0.15) is 6.04 Å². The van der Waals surface area contributed by atoms with Crippen LogP contribution in [-0.2, 0) is 25.5 Å². The topological polar surface area (TPSA) is 75.7 Å². The van der Waals surface area contributed by atoms with E-state index in [1.165, 1.54) is 19.3 Å². The lowest BCUT2D eigenvalue weighted by Gasteiger charge is -2.55. The van der Waals surface area contributed by atoms with Gasteiger partial charge in [-0.05, 0) is 86.7 Å². The van der Waals surface area contributed by atoms with E-state index < -0.39 is 12.0 Å². The Labute approximate surface area is 196 Å². The van der Waals surface area contributed by atoms with Gasteiger partial charge in [0.15, 0.2) is 6.61 Å². The van der Waals surface area contributed by atoms with Crippen LogP contribution in [0.4, 0.5) is 5.69 Å². The minimum absolute atomic E-state index is 0.0218. The number of para-hydroxylation sites is 1. The maximum absolute atomic E-state index is 13.4. The summed E-state index contributed by atoms with van der Waals surface area (Å²) in [5, 5.41) is 3.05. The van der Waals surface area contributed by atoms with Crippen LogP contribution in [0.1, 0.15) is 64.4 Å².